The van der Waals surface area contributed by atoms with Crippen molar-refractivity contribution in [3.05, 3.63) is 86.7 Å². The smallest absolute Gasteiger partial charge is 0.257 e. The molecular formula is C20H16ClN3O2S. The molecule has 2 N–H and O–H groups in total. The Morgan fingerprint density at radius 2 is 1.81 bits per heavy atom. The summed E-state index contributed by atoms with van der Waals surface area (Å²) in [5.74, 6) is 0.525. The number of nitrogens with one attached hydrogen (secondary N) is 2. The minimum Gasteiger partial charge on any atom is -0.310 e. The monoisotopic (exact) mass is 397 g/mol. The van der Waals surface area contributed by atoms with E-state index in [0.29, 0.717) is 27.3 Å². The number of H-pyrrole nitrogens is 1. The van der Waals surface area contributed by atoms with Gasteiger partial charge in [-0.25, -0.2) is 4.98 Å². The molecule has 136 valence electrons. The van der Waals surface area contributed by atoms with E-state index in [1.54, 1.807) is 12.1 Å². The van der Waals surface area contributed by atoms with Gasteiger partial charge in [0.15, 0.2) is 5.16 Å². The molecule has 1 amide bonds. The molecule has 0 radical (unpaired) electrons. The van der Waals surface area contributed by atoms with Crippen molar-refractivity contribution >= 4 is 35.1 Å². The van der Waals surface area contributed by atoms with E-state index in [9.17, 15) is 9.59 Å². The molecule has 0 bridgehead atoms. The van der Waals surface area contributed by atoms with Crippen molar-refractivity contribution in [3.63, 3.8) is 0 Å². The van der Waals surface area contributed by atoms with Crippen molar-refractivity contribution < 1.29 is 4.79 Å². The molecule has 4 rings (SSSR count). The lowest BCUT2D eigenvalue weighted by Gasteiger charge is -2.24. The lowest BCUT2D eigenvalue weighted by Crippen LogP contribution is -2.31. The summed E-state index contributed by atoms with van der Waals surface area (Å²) < 4.78 is 0. The van der Waals surface area contributed by atoms with Gasteiger partial charge in [-0.2, -0.15) is 0 Å². The predicted octanol–water partition coefficient (Wildman–Crippen LogP) is 4.19. The molecule has 7 heteroatoms. The zero-order valence-corrected chi connectivity index (χ0v) is 15.8. The maximum absolute atomic E-state index is 12.8. The fourth-order valence-electron chi connectivity index (χ4n) is 3.12. The van der Waals surface area contributed by atoms with E-state index in [2.05, 4.69) is 15.3 Å². The molecule has 0 spiro atoms. The SMILES string of the molecule is O=C1CC(c2ccc(Cl)cc2)c2c(nc(SCc3ccccc3)[nH]c2=O)N1. The average Bonchev–Trinajstić information content (AvgIpc) is 2.67. The van der Waals surface area contributed by atoms with E-state index < -0.39 is 0 Å². The van der Waals surface area contributed by atoms with Gasteiger partial charge in [0.1, 0.15) is 5.82 Å². The number of carbonyl (C=O) groups is 1. The van der Waals surface area contributed by atoms with Gasteiger partial charge < -0.3 is 10.3 Å². The number of benzene rings is 2. The van der Waals surface area contributed by atoms with Crippen LogP contribution in [0.15, 0.2) is 64.5 Å². The third kappa shape index (κ3) is 3.91. The number of hydrogen-bond donors (Lipinski definition) is 2. The first-order valence-corrected chi connectivity index (χ1v) is 9.83. The molecule has 0 saturated heterocycles. The van der Waals surface area contributed by atoms with Crippen LogP contribution in [0.25, 0.3) is 0 Å². The van der Waals surface area contributed by atoms with Gasteiger partial charge >= 0.3 is 0 Å². The van der Waals surface area contributed by atoms with Crippen LogP contribution in [0.3, 0.4) is 0 Å². The highest BCUT2D eigenvalue weighted by molar-refractivity contribution is 7.98. The molecule has 1 aliphatic heterocycles. The average molecular weight is 398 g/mol. The van der Waals surface area contributed by atoms with Crippen molar-refractivity contribution in [1.82, 2.24) is 9.97 Å². The number of amides is 1. The minimum absolute atomic E-state index is 0.153. The topological polar surface area (TPSA) is 74.8 Å². The van der Waals surface area contributed by atoms with E-state index >= 15 is 0 Å². The zero-order valence-electron chi connectivity index (χ0n) is 14.2. The number of hydrogen-bond acceptors (Lipinski definition) is 4. The van der Waals surface area contributed by atoms with Crippen molar-refractivity contribution in [3.8, 4) is 0 Å². The molecule has 2 aromatic carbocycles. The standard InChI is InChI=1S/C20H16ClN3O2S/c21-14-8-6-13(7-9-14)15-10-16(25)22-18-17(15)19(26)24-20(23-18)27-11-12-4-2-1-3-5-12/h1-9,15H,10-11H2,(H2,22,23,24,25,26). The first-order chi connectivity index (χ1) is 13.1. The van der Waals surface area contributed by atoms with Gasteiger partial charge in [-0.05, 0) is 23.3 Å². The Hall–Kier alpha value is -2.57. The fraction of sp³-hybridized carbons (Fsp3) is 0.150. The molecule has 3 aromatic rings. The minimum atomic E-state index is -0.338. The third-order valence-electron chi connectivity index (χ3n) is 4.42. The van der Waals surface area contributed by atoms with Crippen molar-refractivity contribution in [2.24, 2.45) is 0 Å². The lowest BCUT2D eigenvalue weighted by atomic mass is 9.87. The number of aromatic nitrogens is 2. The molecule has 27 heavy (non-hydrogen) atoms. The molecule has 1 unspecified atom stereocenters. The molecule has 1 aliphatic rings. The summed E-state index contributed by atoms with van der Waals surface area (Å²) in [6, 6.07) is 17.1. The first-order valence-electron chi connectivity index (χ1n) is 8.46. The van der Waals surface area contributed by atoms with Gasteiger partial charge in [0.25, 0.3) is 5.56 Å². The van der Waals surface area contributed by atoms with E-state index in [-0.39, 0.29) is 23.8 Å². The highest BCUT2D eigenvalue weighted by Crippen LogP contribution is 2.35. The van der Waals surface area contributed by atoms with Crippen LogP contribution in [0.4, 0.5) is 5.82 Å². The maximum Gasteiger partial charge on any atom is 0.257 e. The van der Waals surface area contributed by atoms with E-state index in [1.165, 1.54) is 11.8 Å². The summed E-state index contributed by atoms with van der Waals surface area (Å²) in [7, 11) is 0. The summed E-state index contributed by atoms with van der Waals surface area (Å²) >= 11 is 7.38. The third-order valence-corrected chi connectivity index (χ3v) is 5.62. The Kier molecular flexibility index (Phi) is 5.01. The van der Waals surface area contributed by atoms with Crippen LogP contribution in [0.2, 0.25) is 5.02 Å². The number of aromatic amines is 1. The quantitative estimate of drug-likeness (QED) is 0.511. The number of fused-ring (bicyclic) bond motifs is 1. The second-order valence-corrected chi connectivity index (χ2v) is 7.66. The van der Waals surface area contributed by atoms with Crippen LogP contribution in [-0.4, -0.2) is 15.9 Å². The van der Waals surface area contributed by atoms with Gasteiger partial charge in [-0.15, -0.1) is 0 Å². The van der Waals surface area contributed by atoms with E-state index in [4.69, 9.17) is 11.6 Å². The summed E-state index contributed by atoms with van der Waals surface area (Å²) in [6.45, 7) is 0. The summed E-state index contributed by atoms with van der Waals surface area (Å²) in [4.78, 5) is 32.3. The molecule has 2 heterocycles. The highest BCUT2D eigenvalue weighted by atomic mass is 35.5. The van der Waals surface area contributed by atoms with Crippen LogP contribution in [0.1, 0.15) is 29.0 Å². The largest absolute Gasteiger partial charge is 0.310 e. The van der Waals surface area contributed by atoms with Crippen LogP contribution >= 0.6 is 23.4 Å². The lowest BCUT2D eigenvalue weighted by molar-refractivity contribution is -0.116. The number of anilines is 1. The normalized spacial score (nSPS) is 15.9. The predicted molar refractivity (Wildman–Crippen MR) is 107 cm³/mol. The van der Waals surface area contributed by atoms with Gasteiger partial charge in [-0.1, -0.05) is 65.8 Å². The number of halogens is 1. The Balaban J connectivity index is 1.66. The second kappa shape index (κ2) is 7.58. The molecular weight excluding hydrogens is 382 g/mol. The number of nitrogens with zero attached hydrogens (tertiary/aromatic N) is 1. The van der Waals surface area contributed by atoms with Crippen molar-refractivity contribution in [2.45, 2.75) is 23.2 Å². The Labute approximate surface area is 165 Å². The Morgan fingerprint density at radius 3 is 2.56 bits per heavy atom. The van der Waals surface area contributed by atoms with Gasteiger partial charge in [0, 0.05) is 23.1 Å². The fourth-order valence-corrected chi connectivity index (χ4v) is 4.07. The number of thioether (sulfide) groups is 1. The molecule has 5 nitrogen and oxygen atoms in total. The zero-order chi connectivity index (χ0) is 18.8. The van der Waals surface area contributed by atoms with Crippen LogP contribution < -0.4 is 10.9 Å². The molecule has 1 atom stereocenters. The van der Waals surface area contributed by atoms with E-state index in [1.807, 2.05) is 42.5 Å². The molecule has 0 saturated carbocycles. The summed E-state index contributed by atoms with van der Waals surface area (Å²) in [5, 5.41) is 3.84. The number of rotatable bonds is 4. The maximum atomic E-state index is 12.8. The van der Waals surface area contributed by atoms with E-state index in [0.717, 1.165) is 11.1 Å². The molecule has 0 fully saturated rings. The summed E-state index contributed by atoms with van der Waals surface area (Å²) in [5.41, 5.74) is 2.26. The van der Waals surface area contributed by atoms with Crippen LogP contribution in [0.5, 0.6) is 0 Å². The van der Waals surface area contributed by atoms with Crippen molar-refractivity contribution in [1.29, 1.82) is 0 Å². The number of carbonyl (C=O) groups excluding carboxylic acids is 1. The molecule has 0 aliphatic carbocycles. The summed E-state index contributed by atoms with van der Waals surface area (Å²) in [6.07, 6.45) is 0.204. The highest BCUT2D eigenvalue weighted by Gasteiger charge is 2.30. The Bertz CT molecular complexity index is 1040. The second-order valence-electron chi connectivity index (χ2n) is 6.26. The van der Waals surface area contributed by atoms with Crippen LogP contribution in [-0.2, 0) is 10.5 Å². The van der Waals surface area contributed by atoms with Crippen LogP contribution in [0, 0.1) is 0 Å². The molecule has 1 aromatic heterocycles. The van der Waals surface area contributed by atoms with Gasteiger partial charge in [-0.3, -0.25) is 9.59 Å². The van der Waals surface area contributed by atoms with Crippen molar-refractivity contribution in [2.75, 3.05) is 5.32 Å². The Morgan fingerprint density at radius 1 is 1.07 bits per heavy atom. The van der Waals surface area contributed by atoms with Gasteiger partial charge in [0.05, 0.1) is 5.56 Å². The van der Waals surface area contributed by atoms with Gasteiger partial charge in [0.2, 0.25) is 5.91 Å². The first kappa shape index (κ1) is 17.8.